The number of carbonyl (C=O) groups excluding carboxylic acids is 1. The molecule has 0 aliphatic carbocycles. The van der Waals surface area contributed by atoms with E-state index in [2.05, 4.69) is 17.2 Å². The quantitative estimate of drug-likeness (QED) is 0.734. The summed E-state index contributed by atoms with van der Waals surface area (Å²) in [4.78, 5) is 27.6. The first kappa shape index (κ1) is 17.6. The molecule has 0 aliphatic rings. The monoisotopic (exact) mass is 312 g/mol. The van der Waals surface area contributed by atoms with E-state index in [1.165, 1.54) is 11.3 Å². The van der Waals surface area contributed by atoms with Crippen molar-refractivity contribution in [1.29, 1.82) is 0 Å². The molecular weight excluding hydrogens is 288 g/mol. The fourth-order valence-corrected chi connectivity index (χ4v) is 3.22. The van der Waals surface area contributed by atoms with Crippen LogP contribution in [0.15, 0.2) is 0 Å². The van der Waals surface area contributed by atoms with E-state index in [1.807, 2.05) is 13.8 Å². The summed E-state index contributed by atoms with van der Waals surface area (Å²) in [6, 6.07) is 0. The zero-order valence-corrected chi connectivity index (χ0v) is 13.8. The largest absolute Gasteiger partial charge is 0.481 e. The summed E-state index contributed by atoms with van der Waals surface area (Å²) in [6.45, 7) is 6.40. The third-order valence-electron chi connectivity index (χ3n) is 3.41. The number of carbonyl (C=O) groups is 2. The van der Waals surface area contributed by atoms with Gasteiger partial charge in [0.1, 0.15) is 4.88 Å². The van der Waals surface area contributed by atoms with Crippen LogP contribution < -0.4 is 5.32 Å². The van der Waals surface area contributed by atoms with E-state index in [0.29, 0.717) is 23.8 Å². The molecule has 0 radical (unpaired) electrons. The molecule has 0 aromatic carbocycles. The number of aliphatic carboxylic acids is 1. The number of aryl methyl sites for hydroxylation is 2. The van der Waals surface area contributed by atoms with Gasteiger partial charge in [-0.05, 0) is 32.6 Å². The van der Waals surface area contributed by atoms with Crippen LogP contribution in [-0.4, -0.2) is 28.5 Å². The SMILES string of the molecule is CCCC(CCNC(=O)c1sc(C)nc1C)CCC(=O)O. The van der Waals surface area contributed by atoms with Crippen molar-refractivity contribution < 1.29 is 14.7 Å². The number of aromatic nitrogens is 1. The predicted octanol–water partition coefficient (Wildman–Crippen LogP) is 3.16. The molecule has 1 aromatic rings. The lowest BCUT2D eigenvalue weighted by Crippen LogP contribution is -2.26. The first-order valence-electron chi connectivity index (χ1n) is 7.38. The molecule has 1 amide bonds. The Morgan fingerprint density at radius 1 is 1.29 bits per heavy atom. The maximum atomic E-state index is 12.0. The molecule has 1 atom stereocenters. The van der Waals surface area contributed by atoms with E-state index >= 15 is 0 Å². The smallest absolute Gasteiger partial charge is 0.303 e. The lowest BCUT2D eigenvalue weighted by Gasteiger charge is -2.15. The van der Waals surface area contributed by atoms with Crippen molar-refractivity contribution in [3.8, 4) is 0 Å². The van der Waals surface area contributed by atoms with E-state index in [4.69, 9.17) is 5.11 Å². The molecule has 1 unspecified atom stereocenters. The van der Waals surface area contributed by atoms with E-state index in [-0.39, 0.29) is 12.3 Å². The molecule has 0 saturated carbocycles. The van der Waals surface area contributed by atoms with E-state index in [1.54, 1.807) is 0 Å². The first-order valence-corrected chi connectivity index (χ1v) is 8.19. The number of nitrogens with zero attached hydrogens (tertiary/aromatic N) is 1. The number of hydrogen-bond acceptors (Lipinski definition) is 4. The highest BCUT2D eigenvalue weighted by atomic mass is 32.1. The molecular formula is C15H24N2O3S. The lowest BCUT2D eigenvalue weighted by atomic mass is 9.94. The second kappa shape index (κ2) is 8.77. The average molecular weight is 312 g/mol. The van der Waals surface area contributed by atoms with Crippen molar-refractivity contribution in [2.24, 2.45) is 5.92 Å². The highest BCUT2D eigenvalue weighted by molar-refractivity contribution is 7.13. The summed E-state index contributed by atoms with van der Waals surface area (Å²) in [6.07, 6.45) is 3.74. The predicted molar refractivity (Wildman–Crippen MR) is 83.8 cm³/mol. The number of carboxylic acid groups (broad SMARTS) is 1. The molecule has 1 heterocycles. The molecule has 0 aliphatic heterocycles. The Labute approximate surface area is 129 Å². The molecule has 5 nitrogen and oxygen atoms in total. The first-order chi connectivity index (χ1) is 9.93. The summed E-state index contributed by atoms with van der Waals surface area (Å²) in [5.41, 5.74) is 0.769. The number of carboxylic acids is 1. The van der Waals surface area contributed by atoms with E-state index in [9.17, 15) is 9.59 Å². The van der Waals surface area contributed by atoms with Gasteiger partial charge < -0.3 is 10.4 Å². The van der Waals surface area contributed by atoms with E-state index < -0.39 is 5.97 Å². The van der Waals surface area contributed by atoms with Crippen LogP contribution in [0, 0.1) is 19.8 Å². The van der Waals surface area contributed by atoms with Crippen LogP contribution in [0.5, 0.6) is 0 Å². The third-order valence-corrected chi connectivity index (χ3v) is 4.48. The molecule has 6 heteroatoms. The molecule has 0 fully saturated rings. The summed E-state index contributed by atoms with van der Waals surface area (Å²) < 4.78 is 0. The van der Waals surface area contributed by atoms with Gasteiger partial charge in [0.2, 0.25) is 0 Å². The molecule has 2 N–H and O–H groups in total. The number of nitrogens with one attached hydrogen (secondary N) is 1. The number of amides is 1. The zero-order chi connectivity index (χ0) is 15.8. The number of hydrogen-bond donors (Lipinski definition) is 2. The van der Waals surface area contributed by atoms with Crippen LogP contribution in [0.3, 0.4) is 0 Å². The van der Waals surface area contributed by atoms with Gasteiger partial charge in [-0.2, -0.15) is 0 Å². The highest BCUT2D eigenvalue weighted by Crippen LogP contribution is 2.19. The number of rotatable bonds is 9. The summed E-state index contributed by atoms with van der Waals surface area (Å²) >= 11 is 1.40. The maximum absolute atomic E-state index is 12.0. The third kappa shape index (κ3) is 6.25. The number of thiazole rings is 1. The Bertz CT molecular complexity index is 485. The van der Waals surface area contributed by atoms with Crippen molar-refractivity contribution in [2.75, 3.05) is 6.54 Å². The lowest BCUT2D eigenvalue weighted by molar-refractivity contribution is -0.137. The van der Waals surface area contributed by atoms with Crippen LogP contribution in [0.25, 0.3) is 0 Å². The van der Waals surface area contributed by atoms with Crippen molar-refractivity contribution >= 4 is 23.2 Å². The van der Waals surface area contributed by atoms with Crippen molar-refractivity contribution in [1.82, 2.24) is 10.3 Å². The molecule has 1 rings (SSSR count). The van der Waals surface area contributed by atoms with Gasteiger partial charge in [0, 0.05) is 13.0 Å². The average Bonchev–Trinajstić information content (AvgIpc) is 2.74. The normalized spacial score (nSPS) is 12.1. The Kier molecular flexibility index (Phi) is 7.36. The van der Waals surface area contributed by atoms with Crippen LogP contribution >= 0.6 is 11.3 Å². The van der Waals surface area contributed by atoms with Gasteiger partial charge in [-0.15, -0.1) is 11.3 Å². The van der Waals surface area contributed by atoms with Crippen LogP contribution in [0.4, 0.5) is 0 Å². The van der Waals surface area contributed by atoms with Crippen LogP contribution in [-0.2, 0) is 4.79 Å². The van der Waals surface area contributed by atoms with Gasteiger partial charge in [0.15, 0.2) is 0 Å². The van der Waals surface area contributed by atoms with Gasteiger partial charge in [0.25, 0.3) is 5.91 Å². The highest BCUT2D eigenvalue weighted by Gasteiger charge is 2.15. The minimum Gasteiger partial charge on any atom is -0.481 e. The Hall–Kier alpha value is -1.43. The molecule has 0 spiro atoms. The Morgan fingerprint density at radius 2 is 2.00 bits per heavy atom. The van der Waals surface area contributed by atoms with Crippen molar-refractivity contribution in [2.45, 2.75) is 52.9 Å². The summed E-state index contributed by atoms with van der Waals surface area (Å²) in [7, 11) is 0. The fourth-order valence-electron chi connectivity index (χ4n) is 2.38. The minimum absolute atomic E-state index is 0.0772. The Morgan fingerprint density at radius 3 is 2.52 bits per heavy atom. The van der Waals surface area contributed by atoms with Crippen LogP contribution in [0.2, 0.25) is 0 Å². The standard InChI is InChI=1S/C15H24N2O3S/c1-4-5-12(6-7-13(18)19)8-9-16-15(20)14-10(2)17-11(3)21-14/h12H,4-9H2,1-3H3,(H,16,20)(H,18,19). The second-order valence-corrected chi connectivity index (χ2v) is 6.48. The van der Waals surface area contributed by atoms with Gasteiger partial charge in [-0.25, -0.2) is 4.98 Å². The molecule has 118 valence electrons. The van der Waals surface area contributed by atoms with Gasteiger partial charge in [-0.1, -0.05) is 19.8 Å². The minimum atomic E-state index is -0.754. The maximum Gasteiger partial charge on any atom is 0.303 e. The summed E-state index contributed by atoms with van der Waals surface area (Å²) in [5.74, 6) is -0.474. The van der Waals surface area contributed by atoms with Gasteiger partial charge in [-0.3, -0.25) is 9.59 Å². The van der Waals surface area contributed by atoms with Gasteiger partial charge >= 0.3 is 5.97 Å². The van der Waals surface area contributed by atoms with E-state index in [0.717, 1.165) is 30.0 Å². The van der Waals surface area contributed by atoms with Crippen molar-refractivity contribution in [3.05, 3.63) is 15.6 Å². The molecule has 0 saturated heterocycles. The Balaban J connectivity index is 2.40. The topological polar surface area (TPSA) is 79.3 Å². The zero-order valence-electron chi connectivity index (χ0n) is 12.9. The van der Waals surface area contributed by atoms with Gasteiger partial charge in [0.05, 0.1) is 10.7 Å². The molecule has 0 bridgehead atoms. The van der Waals surface area contributed by atoms with Crippen LogP contribution in [0.1, 0.15) is 59.4 Å². The summed E-state index contributed by atoms with van der Waals surface area (Å²) in [5, 5.41) is 12.6. The fraction of sp³-hybridized carbons (Fsp3) is 0.667. The second-order valence-electron chi connectivity index (χ2n) is 5.28. The molecule has 21 heavy (non-hydrogen) atoms. The van der Waals surface area contributed by atoms with Crippen molar-refractivity contribution in [3.63, 3.8) is 0 Å². The molecule has 1 aromatic heterocycles.